The number of aryl methyl sites for hydroxylation is 1. The Morgan fingerprint density at radius 2 is 2.21 bits per heavy atom. The Hall–Kier alpha value is -2.04. The molecule has 0 saturated heterocycles. The highest BCUT2D eigenvalue weighted by molar-refractivity contribution is 5.81. The van der Waals surface area contributed by atoms with E-state index in [4.69, 9.17) is 10.9 Å². The van der Waals surface area contributed by atoms with Gasteiger partial charge in [-0.25, -0.2) is 4.98 Å². The average molecular weight is 258 g/mol. The number of rotatable bonds is 4. The second kappa shape index (κ2) is 4.26. The van der Waals surface area contributed by atoms with Crippen molar-refractivity contribution in [3.05, 3.63) is 30.1 Å². The zero-order chi connectivity index (χ0) is 13.5. The Labute approximate surface area is 111 Å². The first kappa shape index (κ1) is 12.0. The first-order valence-electron chi connectivity index (χ1n) is 6.52. The minimum atomic E-state index is 0.143. The van der Waals surface area contributed by atoms with Gasteiger partial charge in [0.15, 0.2) is 0 Å². The molecule has 0 aliphatic heterocycles. The molecule has 1 saturated carbocycles. The van der Waals surface area contributed by atoms with Gasteiger partial charge in [-0.1, -0.05) is 17.3 Å². The zero-order valence-electron chi connectivity index (χ0n) is 11.0. The van der Waals surface area contributed by atoms with Crippen LogP contribution in [0.25, 0.3) is 11.0 Å². The van der Waals surface area contributed by atoms with E-state index in [9.17, 15) is 0 Å². The van der Waals surface area contributed by atoms with Gasteiger partial charge in [0.1, 0.15) is 11.7 Å². The zero-order valence-corrected chi connectivity index (χ0v) is 11.0. The highest BCUT2D eigenvalue weighted by Crippen LogP contribution is 2.50. The average Bonchev–Trinajstić information content (AvgIpc) is 3.09. The van der Waals surface area contributed by atoms with Gasteiger partial charge in [-0.3, -0.25) is 0 Å². The van der Waals surface area contributed by atoms with Crippen molar-refractivity contribution in [1.29, 1.82) is 0 Å². The van der Waals surface area contributed by atoms with Gasteiger partial charge in [-0.05, 0) is 37.3 Å². The lowest BCUT2D eigenvalue weighted by Crippen LogP contribution is -2.22. The van der Waals surface area contributed by atoms with Crippen LogP contribution in [-0.4, -0.2) is 20.6 Å². The Bertz CT molecular complexity index is 640. The molecule has 100 valence electrons. The van der Waals surface area contributed by atoms with E-state index in [0.717, 1.165) is 36.2 Å². The topological polar surface area (TPSA) is 76.4 Å². The molecule has 0 unspecified atom stereocenters. The standard InChI is InChI=1S/C14H18N4O/c1-10-16-11-4-2-3-5-12(11)18(10)9-14(6-7-14)8-13(15)17-19/h2-5,19H,6-9H2,1H3,(H2,15,17). The third-order valence-corrected chi connectivity index (χ3v) is 3.98. The highest BCUT2D eigenvalue weighted by Gasteiger charge is 2.44. The molecule has 1 aliphatic rings. The van der Waals surface area contributed by atoms with Crippen molar-refractivity contribution in [3.8, 4) is 0 Å². The molecule has 5 heteroatoms. The van der Waals surface area contributed by atoms with Gasteiger partial charge in [-0.2, -0.15) is 0 Å². The number of oxime groups is 1. The molecule has 2 aromatic rings. The van der Waals surface area contributed by atoms with Gasteiger partial charge in [-0.15, -0.1) is 0 Å². The number of aromatic nitrogens is 2. The monoisotopic (exact) mass is 258 g/mol. The maximum absolute atomic E-state index is 8.72. The smallest absolute Gasteiger partial charge is 0.139 e. The summed E-state index contributed by atoms with van der Waals surface area (Å²) in [5.74, 6) is 1.34. The predicted molar refractivity (Wildman–Crippen MR) is 74.2 cm³/mol. The number of benzene rings is 1. The number of nitrogens with zero attached hydrogens (tertiary/aromatic N) is 3. The second-order valence-corrected chi connectivity index (χ2v) is 5.50. The lowest BCUT2D eigenvalue weighted by Gasteiger charge is -2.16. The molecular formula is C14H18N4O. The summed E-state index contributed by atoms with van der Waals surface area (Å²) in [6.07, 6.45) is 2.89. The van der Waals surface area contributed by atoms with Crippen LogP contribution in [0.5, 0.6) is 0 Å². The third kappa shape index (κ3) is 2.16. The second-order valence-electron chi connectivity index (χ2n) is 5.50. The van der Waals surface area contributed by atoms with E-state index in [1.807, 2.05) is 25.1 Å². The van der Waals surface area contributed by atoms with Crippen LogP contribution in [0.15, 0.2) is 29.4 Å². The van der Waals surface area contributed by atoms with Gasteiger partial charge < -0.3 is 15.5 Å². The van der Waals surface area contributed by atoms with Crippen molar-refractivity contribution < 1.29 is 5.21 Å². The van der Waals surface area contributed by atoms with Crippen molar-refractivity contribution in [2.24, 2.45) is 16.3 Å². The van der Waals surface area contributed by atoms with Crippen LogP contribution in [0.2, 0.25) is 0 Å². The van der Waals surface area contributed by atoms with Crippen molar-refractivity contribution >= 4 is 16.9 Å². The summed E-state index contributed by atoms with van der Waals surface area (Å²) >= 11 is 0. The van der Waals surface area contributed by atoms with E-state index in [0.29, 0.717) is 12.3 Å². The number of para-hydroxylation sites is 2. The van der Waals surface area contributed by atoms with E-state index < -0.39 is 0 Å². The summed E-state index contributed by atoms with van der Waals surface area (Å²) in [6, 6.07) is 8.16. The fraction of sp³-hybridized carbons (Fsp3) is 0.429. The summed E-state index contributed by atoms with van der Waals surface area (Å²) in [4.78, 5) is 4.58. The molecule has 1 aromatic heterocycles. The van der Waals surface area contributed by atoms with Crippen LogP contribution < -0.4 is 5.73 Å². The number of hydrogen-bond donors (Lipinski definition) is 2. The third-order valence-electron chi connectivity index (χ3n) is 3.98. The molecule has 1 aromatic carbocycles. The number of amidine groups is 1. The van der Waals surface area contributed by atoms with Gasteiger partial charge >= 0.3 is 0 Å². The molecule has 0 bridgehead atoms. The molecule has 1 fully saturated rings. The molecule has 0 amide bonds. The normalized spacial score (nSPS) is 17.8. The predicted octanol–water partition coefficient (Wildman–Crippen LogP) is 2.26. The molecule has 1 aliphatic carbocycles. The van der Waals surface area contributed by atoms with Crippen molar-refractivity contribution in [2.75, 3.05) is 0 Å². The summed E-state index contributed by atoms with van der Waals surface area (Å²) in [5, 5.41) is 11.8. The van der Waals surface area contributed by atoms with E-state index in [2.05, 4.69) is 20.8 Å². The minimum Gasteiger partial charge on any atom is -0.409 e. The van der Waals surface area contributed by atoms with Crippen molar-refractivity contribution in [2.45, 2.75) is 32.7 Å². The van der Waals surface area contributed by atoms with Crippen LogP contribution in [0.1, 0.15) is 25.1 Å². The lowest BCUT2D eigenvalue weighted by atomic mass is 10.0. The Balaban J connectivity index is 1.91. The molecule has 3 N–H and O–H groups in total. The Morgan fingerprint density at radius 3 is 2.89 bits per heavy atom. The van der Waals surface area contributed by atoms with Gasteiger partial charge in [0, 0.05) is 13.0 Å². The fourth-order valence-electron chi connectivity index (χ4n) is 2.72. The Kier molecular flexibility index (Phi) is 2.69. The van der Waals surface area contributed by atoms with E-state index >= 15 is 0 Å². The maximum atomic E-state index is 8.72. The Morgan fingerprint density at radius 1 is 1.47 bits per heavy atom. The summed E-state index contributed by atoms with van der Waals surface area (Å²) in [5.41, 5.74) is 7.98. The maximum Gasteiger partial charge on any atom is 0.139 e. The molecule has 5 nitrogen and oxygen atoms in total. The van der Waals surface area contributed by atoms with Gasteiger partial charge in [0.05, 0.1) is 11.0 Å². The molecule has 0 radical (unpaired) electrons. The number of imidazole rings is 1. The molecule has 0 spiro atoms. The molecule has 1 heterocycles. The molecule has 19 heavy (non-hydrogen) atoms. The van der Waals surface area contributed by atoms with Crippen LogP contribution >= 0.6 is 0 Å². The van der Waals surface area contributed by atoms with E-state index in [1.54, 1.807) is 0 Å². The van der Waals surface area contributed by atoms with Crippen LogP contribution in [-0.2, 0) is 6.54 Å². The summed E-state index contributed by atoms with van der Waals surface area (Å²) in [6.45, 7) is 2.91. The van der Waals surface area contributed by atoms with Crippen molar-refractivity contribution in [3.63, 3.8) is 0 Å². The van der Waals surface area contributed by atoms with E-state index in [-0.39, 0.29) is 5.41 Å². The van der Waals surface area contributed by atoms with E-state index in [1.165, 1.54) is 0 Å². The summed E-state index contributed by atoms with van der Waals surface area (Å²) in [7, 11) is 0. The number of nitrogens with two attached hydrogens (primary N) is 1. The number of fused-ring (bicyclic) bond motifs is 1. The van der Waals surface area contributed by atoms with Crippen LogP contribution in [0.4, 0.5) is 0 Å². The highest BCUT2D eigenvalue weighted by atomic mass is 16.4. The lowest BCUT2D eigenvalue weighted by molar-refractivity contribution is 0.313. The van der Waals surface area contributed by atoms with Crippen LogP contribution in [0, 0.1) is 12.3 Å². The first-order valence-corrected chi connectivity index (χ1v) is 6.52. The molecule has 0 atom stereocenters. The van der Waals surface area contributed by atoms with Gasteiger partial charge in [0.2, 0.25) is 0 Å². The van der Waals surface area contributed by atoms with Gasteiger partial charge in [0.25, 0.3) is 0 Å². The molecule has 3 rings (SSSR count). The fourth-order valence-corrected chi connectivity index (χ4v) is 2.72. The SMILES string of the molecule is Cc1nc2ccccc2n1CC1(CC(N)=NO)CC1. The molecular weight excluding hydrogens is 240 g/mol. The summed E-state index contributed by atoms with van der Waals surface area (Å²) < 4.78 is 2.24. The van der Waals surface area contributed by atoms with Crippen LogP contribution in [0.3, 0.4) is 0 Å². The number of hydrogen-bond acceptors (Lipinski definition) is 3. The quantitative estimate of drug-likeness (QED) is 0.382. The largest absolute Gasteiger partial charge is 0.409 e. The minimum absolute atomic E-state index is 0.143. The first-order chi connectivity index (χ1) is 9.13. The van der Waals surface area contributed by atoms with Crippen molar-refractivity contribution in [1.82, 2.24) is 9.55 Å².